The summed E-state index contributed by atoms with van der Waals surface area (Å²) in [7, 11) is 0. The van der Waals surface area contributed by atoms with Crippen molar-refractivity contribution in [3.8, 4) is 0 Å². The van der Waals surface area contributed by atoms with Crippen molar-refractivity contribution in [1.29, 1.82) is 0 Å². The number of anilines is 3. The lowest BCUT2D eigenvalue weighted by molar-refractivity contribution is 0.102. The molecule has 0 radical (unpaired) electrons. The molecule has 0 saturated carbocycles. The van der Waals surface area contributed by atoms with E-state index in [4.69, 9.17) is 0 Å². The van der Waals surface area contributed by atoms with Gasteiger partial charge in [0.2, 0.25) is 0 Å². The molecule has 126 valence electrons. The van der Waals surface area contributed by atoms with Crippen LogP contribution in [-0.2, 0) is 0 Å². The van der Waals surface area contributed by atoms with Crippen LogP contribution >= 0.6 is 0 Å². The van der Waals surface area contributed by atoms with E-state index in [1.165, 1.54) is 12.4 Å². The molecule has 2 N–H and O–H groups in total. The van der Waals surface area contributed by atoms with E-state index >= 15 is 0 Å². The van der Waals surface area contributed by atoms with E-state index in [9.17, 15) is 18.0 Å². The van der Waals surface area contributed by atoms with Gasteiger partial charge in [-0.25, -0.2) is 23.1 Å². The Kier molecular flexibility index (Phi) is 4.60. The Balaban J connectivity index is 1.72. The van der Waals surface area contributed by atoms with Crippen molar-refractivity contribution < 1.29 is 18.0 Å². The molecule has 3 rings (SSSR count). The molecule has 0 aliphatic heterocycles. The van der Waals surface area contributed by atoms with Gasteiger partial charge in [-0.1, -0.05) is 18.2 Å². The molecule has 0 aliphatic carbocycles. The highest BCUT2D eigenvalue weighted by molar-refractivity contribution is 6.02. The first-order chi connectivity index (χ1) is 12.0. The van der Waals surface area contributed by atoms with Crippen LogP contribution in [0.5, 0.6) is 0 Å². The average molecular weight is 344 g/mol. The summed E-state index contributed by atoms with van der Waals surface area (Å²) in [5, 5.41) is 5.11. The Morgan fingerprint density at radius 2 is 1.64 bits per heavy atom. The van der Waals surface area contributed by atoms with E-state index in [2.05, 4.69) is 20.6 Å². The SMILES string of the molecule is O=C(Nc1ccccc1)c1cnc(Nc2ccc(F)c(F)c2F)cn1. The molecule has 1 amide bonds. The minimum absolute atomic E-state index is 0.0418. The van der Waals surface area contributed by atoms with Crippen LogP contribution in [0.2, 0.25) is 0 Å². The highest BCUT2D eigenvalue weighted by atomic mass is 19.2. The van der Waals surface area contributed by atoms with Crippen molar-refractivity contribution in [2.45, 2.75) is 0 Å². The quantitative estimate of drug-likeness (QED) is 0.705. The molecular weight excluding hydrogens is 333 g/mol. The normalized spacial score (nSPS) is 10.4. The highest BCUT2D eigenvalue weighted by Gasteiger charge is 2.14. The van der Waals surface area contributed by atoms with Crippen molar-refractivity contribution in [2.24, 2.45) is 0 Å². The van der Waals surface area contributed by atoms with Gasteiger partial charge in [0.25, 0.3) is 5.91 Å². The fourth-order valence-electron chi connectivity index (χ4n) is 1.99. The maximum Gasteiger partial charge on any atom is 0.275 e. The van der Waals surface area contributed by atoms with Crippen LogP contribution in [0, 0.1) is 17.5 Å². The van der Waals surface area contributed by atoms with E-state index in [-0.39, 0.29) is 17.2 Å². The molecule has 5 nitrogen and oxygen atoms in total. The Morgan fingerprint density at radius 1 is 0.880 bits per heavy atom. The second kappa shape index (κ2) is 7.00. The number of benzene rings is 2. The smallest absolute Gasteiger partial charge is 0.275 e. The van der Waals surface area contributed by atoms with Crippen molar-refractivity contribution in [3.63, 3.8) is 0 Å². The molecule has 8 heteroatoms. The van der Waals surface area contributed by atoms with Gasteiger partial charge in [-0.15, -0.1) is 0 Å². The molecule has 1 aromatic heterocycles. The van der Waals surface area contributed by atoms with Gasteiger partial charge >= 0.3 is 0 Å². The zero-order valence-corrected chi connectivity index (χ0v) is 12.6. The van der Waals surface area contributed by atoms with Gasteiger partial charge in [0.05, 0.1) is 18.1 Å². The molecule has 0 aliphatic rings. The van der Waals surface area contributed by atoms with Crippen LogP contribution in [-0.4, -0.2) is 15.9 Å². The third kappa shape index (κ3) is 3.74. The first kappa shape index (κ1) is 16.4. The lowest BCUT2D eigenvalue weighted by atomic mass is 10.3. The van der Waals surface area contributed by atoms with Gasteiger partial charge in [0.1, 0.15) is 11.5 Å². The number of nitrogens with zero attached hydrogens (tertiary/aromatic N) is 2. The second-order valence-electron chi connectivity index (χ2n) is 4.95. The van der Waals surface area contributed by atoms with Crippen LogP contribution < -0.4 is 10.6 Å². The number of nitrogens with one attached hydrogen (secondary N) is 2. The monoisotopic (exact) mass is 344 g/mol. The molecule has 0 unspecified atom stereocenters. The van der Waals surface area contributed by atoms with Crippen molar-refractivity contribution >= 4 is 23.1 Å². The van der Waals surface area contributed by atoms with Gasteiger partial charge in [0, 0.05) is 5.69 Å². The summed E-state index contributed by atoms with van der Waals surface area (Å²) >= 11 is 0. The molecule has 1 heterocycles. The summed E-state index contributed by atoms with van der Waals surface area (Å²) in [5.74, 6) is -4.64. The third-order valence-corrected chi connectivity index (χ3v) is 3.21. The van der Waals surface area contributed by atoms with Gasteiger partial charge in [-0.2, -0.15) is 0 Å². The predicted molar refractivity (Wildman–Crippen MR) is 86.0 cm³/mol. The van der Waals surface area contributed by atoms with E-state index in [1.54, 1.807) is 24.3 Å². The first-order valence-corrected chi connectivity index (χ1v) is 7.13. The minimum atomic E-state index is -1.59. The summed E-state index contributed by atoms with van der Waals surface area (Å²) in [6, 6.07) is 10.6. The van der Waals surface area contributed by atoms with Gasteiger partial charge in [-0.3, -0.25) is 4.79 Å². The topological polar surface area (TPSA) is 66.9 Å². The standard InChI is InChI=1S/C17H11F3N4O/c18-11-6-7-12(16(20)15(11)19)24-14-9-21-13(8-22-14)17(25)23-10-4-2-1-3-5-10/h1-9H,(H,22,24)(H,23,25). The van der Waals surface area contributed by atoms with Crippen LogP contribution in [0.15, 0.2) is 54.9 Å². The zero-order chi connectivity index (χ0) is 17.8. The van der Waals surface area contributed by atoms with Crippen molar-refractivity contribution in [2.75, 3.05) is 10.6 Å². The molecular formula is C17H11F3N4O. The fraction of sp³-hybridized carbons (Fsp3) is 0. The number of para-hydroxylation sites is 1. The molecule has 0 atom stereocenters. The average Bonchev–Trinajstić information content (AvgIpc) is 2.63. The fourth-order valence-corrected chi connectivity index (χ4v) is 1.99. The lowest BCUT2D eigenvalue weighted by Gasteiger charge is -2.08. The van der Waals surface area contributed by atoms with E-state index in [0.29, 0.717) is 5.69 Å². The molecule has 2 aromatic carbocycles. The van der Waals surface area contributed by atoms with Gasteiger partial charge in [-0.05, 0) is 24.3 Å². The van der Waals surface area contributed by atoms with Gasteiger partial charge < -0.3 is 10.6 Å². The minimum Gasteiger partial charge on any atom is -0.336 e. The molecule has 3 aromatic rings. The molecule has 0 spiro atoms. The summed E-state index contributed by atoms with van der Waals surface area (Å²) in [6.07, 6.45) is 2.36. The van der Waals surface area contributed by atoms with Crippen LogP contribution in [0.3, 0.4) is 0 Å². The zero-order valence-electron chi connectivity index (χ0n) is 12.6. The number of aromatic nitrogens is 2. The molecule has 0 fully saturated rings. The lowest BCUT2D eigenvalue weighted by Crippen LogP contribution is -2.14. The molecule has 0 saturated heterocycles. The number of rotatable bonds is 4. The Bertz CT molecular complexity index is 902. The maximum atomic E-state index is 13.6. The number of halogens is 3. The maximum absolute atomic E-state index is 13.6. The van der Waals surface area contributed by atoms with Crippen molar-refractivity contribution in [1.82, 2.24) is 9.97 Å². The van der Waals surface area contributed by atoms with Crippen LogP contribution in [0.4, 0.5) is 30.4 Å². The van der Waals surface area contributed by atoms with Crippen LogP contribution in [0.1, 0.15) is 10.5 Å². The van der Waals surface area contributed by atoms with E-state index < -0.39 is 23.4 Å². The molecule has 25 heavy (non-hydrogen) atoms. The third-order valence-electron chi connectivity index (χ3n) is 3.21. The molecule has 0 bridgehead atoms. The number of amides is 1. The largest absolute Gasteiger partial charge is 0.336 e. The summed E-state index contributed by atoms with van der Waals surface area (Å²) in [6.45, 7) is 0. The Labute approximate surface area is 140 Å². The predicted octanol–water partition coefficient (Wildman–Crippen LogP) is 3.89. The summed E-state index contributed by atoms with van der Waals surface area (Å²) < 4.78 is 39.7. The number of hydrogen-bond donors (Lipinski definition) is 2. The van der Waals surface area contributed by atoms with Crippen molar-refractivity contribution in [3.05, 3.63) is 78.0 Å². The Morgan fingerprint density at radius 3 is 2.32 bits per heavy atom. The summed E-state index contributed by atoms with van der Waals surface area (Å²) in [5.41, 5.74) is 0.343. The first-order valence-electron chi connectivity index (χ1n) is 7.13. The van der Waals surface area contributed by atoms with Crippen LogP contribution in [0.25, 0.3) is 0 Å². The second-order valence-corrected chi connectivity index (χ2v) is 4.95. The number of hydrogen-bond acceptors (Lipinski definition) is 4. The Hall–Kier alpha value is -3.42. The van der Waals surface area contributed by atoms with E-state index in [0.717, 1.165) is 12.1 Å². The summed E-state index contributed by atoms with van der Waals surface area (Å²) in [4.78, 5) is 19.9. The number of carbonyl (C=O) groups is 1. The van der Waals surface area contributed by atoms with E-state index in [1.807, 2.05) is 6.07 Å². The highest BCUT2D eigenvalue weighted by Crippen LogP contribution is 2.22. The van der Waals surface area contributed by atoms with Gasteiger partial charge in [0.15, 0.2) is 17.5 Å². The number of carbonyl (C=O) groups excluding carboxylic acids is 1.